The molecule has 0 radical (unpaired) electrons. The number of piperazine rings is 1. The van der Waals surface area contributed by atoms with Crippen LogP contribution in [-0.2, 0) is 0 Å². The van der Waals surface area contributed by atoms with Gasteiger partial charge in [0.1, 0.15) is 0 Å². The van der Waals surface area contributed by atoms with Crippen molar-refractivity contribution < 1.29 is 0 Å². The number of hydrogen-bond acceptors (Lipinski definition) is 2. The monoisotopic (exact) mass is 278 g/mol. The molecule has 2 saturated heterocycles. The van der Waals surface area contributed by atoms with Crippen molar-refractivity contribution in [3.8, 4) is 0 Å². The van der Waals surface area contributed by atoms with E-state index in [-0.39, 0.29) is 0 Å². The Hall–Kier alpha value is -0.770. The van der Waals surface area contributed by atoms with Crippen molar-refractivity contribution in [3.05, 3.63) is 0 Å². The van der Waals surface area contributed by atoms with Crippen LogP contribution in [0.5, 0.6) is 0 Å². The zero-order valence-electron chi connectivity index (χ0n) is 12.9. The summed E-state index contributed by atoms with van der Waals surface area (Å²) in [5, 5.41) is 0. The van der Waals surface area contributed by atoms with Crippen molar-refractivity contribution in [1.82, 2.24) is 9.80 Å². The lowest BCUT2D eigenvalue weighted by molar-refractivity contribution is 0.0494. The van der Waals surface area contributed by atoms with Gasteiger partial charge in [0.25, 0.3) is 0 Å². The lowest BCUT2D eigenvalue weighted by Gasteiger charge is -2.48. The third-order valence-corrected chi connectivity index (χ3v) is 5.37. The first-order valence-corrected chi connectivity index (χ1v) is 8.58. The number of piperidine rings is 1. The van der Waals surface area contributed by atoms with E-state index in [4.69, 9.17) is 10.7 Å². The highest BCUT2D eigenvalue weighted by atomic mass is 15.4. The quantitative estimate of drug-likeness (QED) is 0.591. The summed E-state index contributed by atoms with van der Waals surface area (Å²) in [5.41, 5.74) is 6.35. The van der Waals surface area contributed by atoms with E-state index in [0.29, 0.717) is 18.1 Å². The molecule has 0 aromatic carbocycles. The molecule has 0 spiro atoms. The standard InChI is InChI=1S/C16H30N4/c1-13-11-19-10-6-5-9-15(19)12-20(13)16(17)18-14-7-3-2-4-8-14/h13-15H,2-12H2,1H3,(H2,17,18). The molecular weight excluding hydrogens is 248 g/mol. The fourth-order valence-corrected chi connectivity index (χ4v) is 4.14. The maximum Gasteiger partial charge on any atom is 0.191 e. The minimum Gasteiger partial charge on any atom is -0.370 e. The van der Waals surface area contributed by atoms with Gasteiger partial charge in [-0.25, -0.2) is 4.99 Å². The summed E-state index contributed by atoms with van der Waals surface area (Å²) in [4.78, 5) is 9.89. The Morgan fingerprint density at radius 1 is 1.00 bits per heavy atom. The zero-order chi connectivity index (χ0) is 13.9. The predicted octanol–water partition coefficient (Wildman–Crippen LogP) is 2.19. The number of rotatable bonds is 1. The Labute approximate surface area is 123 Å². The number of nitrogens with zero attached hydrogens (tertiary/aromatic N) is 3. The highest BCUT2D eigenvalue weighted by Gasteiger charge is 2.33. The second-order valence-electron chi connectivity index (χ2n) is 6.93. The van der Waals surface area contributed by atoms with Crippen LogP contribution in [0.15, 0.2) is 4.99 Å². The molecule has 2 unspecified atom stereocenters. The van der Waals surface area contributed by atoms with E-state index in [2.05, 4.69) is 16.7 Å². The van der Waals surface area contributed by atoms with Crippen LogP contribution in [0.1, 0.15) is 58.3 Å². The highest BCUT2D eigenvalue weighted by Crippen LogP contribution is 2.25. The van der Waals surface area contributed by atoms with Gasteiger partial charge in [-0.05, 0) is 39.2 Å². The first-order chi connectivity index (χ1) is 9.74. The third-order valence-electron chi connectivity index (χ3n) is 5.37. The van der Waals surface area contributed by atoms with E-state index in [0.717, 1.165) is 19.0 Å². The zero-order valence-corrected chi connectivity index (χ0v) is 12.9. The second kappa shape index (κ2) is 6.33. The molecule has 0 bridgehead atoms. The van der Waals surface area contributed by atoms with Crippen LogP contribution in [-0.4, -0.2) is 53.5 Å². The largest absolute Gasteiger partial charge is 0.370 e. The van der Waals surface area contributed by atoms with Gasteiger partial charge in [0.05, 0.1) is 6.04 Å². The maximum absolute atomic E-state index is 6.35. The van der Waals surface area contributed by atoms with Crippen molar-refractivity contribution in [1.29, 1.82) is 0 Å². The fraction of sp³-hybridized carbons (Fsp3) is 0.938. The second-order valence-corrected chi connectivity index (χ2v) is 6.93. The molecule has 2 aliphatic heterocycles. The van der Waals surface area contributed by atoms with E-state index >= 15 is 0 Å². The molecule has 3 aliphatic rings. The van der Waals surface area contributed by atoms with Gasteiger partial charge in [-0.2, -0.15) is 0 Å². The molecule has 2 heterocycles. The summed E-state index contributed by atoms with van der Waals surface area (Å²) < 4.78 is 0. The summed E-state index contributed by atoms with van der Waals surface area (Å²) >= 11 is 0. The molecule has 2 N–H and O–H groups in total. The molecule has 1 saturated carbocycles. The average molecular weight is 278 g/mol. The fourth-order valence-electron chi connectivity index (χ4n) is 4.14. The molecule has 114 valence electrons. The van der Waals surface area contributed by atoms with Gasteiger partial charge in [-0.1, -0.05) is 25.7 Å². The molecule has 20 heavy (non-hydrogen) atoms. The van der Waals surface area contributed by atoms with Crippen LogP contribution in [0, 0.1) is 0 Å². The SMILES string of the molecule is CC1CN2CCCCC2CN1C(N)=NC1CCCCC1. The van der Waals surface area contributed by atoms with Crippen LogP contribution < -0.4 is 5.73 Å². The van der Waals surface area contributed by atoms with Gasteiger partial charge in [0.2, 0.25) is 0 Å². The molecule has 0 amide bonds. The summed E-state index contributed by atoms with van der Waals surface area (Å²) in [7, 11) is 0. The van der Waals surface area contributed by atoms with Crippen LogP contribution >= 0.6 is 0 Å². The van der Waals surface area contributed by atoms with Crippen LogP contribution in [0.3, 0.4) is 0 Å². The van der Waals surface area contributed by atoms with Crippen molar-refractivity contribution in [2.24, 2.45) is 10.7 Å². The summed E-state index contributed by atoms with van der Waals surface area (Å²) in [6.45, 7) is 5.82. The van der Waals surface area contributed by atoms with Crippen molar-refractivity contribution in [2.75, 3.05) is 19.6 Å². The van der Waals surface area contributed by atoms with E-state index in [1.54, 1.807) is 0 Å². The molecular formula is C16H30N4. The number of hydrogen-bond donors (Lipinski definition) is 1. The smallest absolute Gasteiger partial charge is 0.191 e. The van der Waals surface area contributed by atoms with Gasteiger partial charge >= 0.3 is 0 Å². The number of guanidine groups is 1. The topological polar surface area (TPSA) is 44.9 Å². The summed E-state index contributed by atoms with van der Waals surface area (Å²) in [6.07, 6.45) is 10.6. The predicted molar refractivity (Wildman–Crippen MR) is 83.9 cm³/mol. The van der Waals surface area contributed by atoms with E-state index in [9.17, 15) is 0 Å². The summed E-state index contributed by atoms with van der Waals surface area (Å²) in [5.74, 6) is 0.814. The normalized spacial score (nSPS) is 34.0. The van der Waals surface area contributed by atoms with Crippen molar-refractivity contribution >= 4 is 5.96 Å². The van der Waals surface area contributed by atoms with Gasteiger partial charge in [0, 0.05) is 25.2 Å². The lowest BCUT2D eigenvalue weighted by atomic mass is 9.96. The van der Waals surface area contributed by atoms with Crippen molar-refractivity contribution in [3.63, 3.8) is 0 Å². The first-order valence-electron chi connectivity index (χ1n) is 8.58. The Bertz CT molecular complexity index is 348. The molecule has 0 aromatic heterocycles. The van der Waals surface area contributed by atoms with Crippen LogP contribution in [0.25, 0.3) is 0 Å². The molecule has 4 nitrogen and oxygen atoms in total. The molecule has 3 fully saturated rings. The molecule has 1 aliphatic carbocycles. The van der Waals surface area contributed by atoms with Crippen LogP contribution in [0.4, 0.5) is 0 Å². The van der Waals surface area contributed by atoms with Crippen LogP contribution in [0.2, 0.25) is 0 Å². The Morgan fingerprint density at radius 3 is 2.55 bits per heavy atom. The highest BCUT2D eigenvalue weighted by molar-refractivity contribution is 5.78. The van der Waals surface area contributed by atoms with E-state index in [1.165, 1.54) is 57.9 Å². The summed E-state index contributed by atoms with van der Waals surface area (Å²) in [6, 6.07) is 1.71. The molecule has 4 heteroatoms. The Kier molecular flexibility index (Phi) is 4.49. The minimum atomic E-state index is 0.486. The van der Waals surface area contributed by atoms with E-state index < -0.39 is 0 Å². The van der Waals surface area contributed by atoms with Crippen molar-refractivity contribution in [2.45, 2.75) is 76.4 Å². The average Bonchev–Trinajstić information content (AvgIpc) is 2.47. The maximum atomic E-state index is 6.35. The number of nitrogens with two attached hydrogens (primary N) is 1. The van der Waals surface area contributed by atoms with E-state index in [1.807, 2.05) is 0 Å². The third kappa shape index (κ3) is 3.11. The number of aliphatic imine (C=N–C) groups is 1. The number of fused-ring (bicyclic) bond motifs is 1. The molecule has 3 rings (SSSR count). The lowest BCUT2D eigenvalue weighted by Crippen LogP contribution is -2.61. The Morgan fingerprint density at radius 2 is 1.75 bits per heavy atom. The van der Waals surface area contributed by atoms with Gasteiger partial charge in [0.15, 0.2) is 5.96 Å². The Balaban J connectivity index is 1.64. The van der Waals surface area contributed by atoms with Gasteiger partial charge in [-0.3, -0.25) is 4.90 Å². The molecule has 0 aromatic rings. The first kappa shape index (κ1) is 14.2. The minimum absolute atomic E-state index is 0.486. The van der Waals surface area contributed by atoms with Gasteiger partial charge < -0.3 is 10.6 Å². The van der Waals surface area contributed by atoms with Gasteiger partial charge in [-0.15, -0.1) is 0 Å². The molecule has 2 atom stereocenters.